The van der Waals surface area contributed by atoms with Crippen LogP contribution in [0.1, 0.15) is 12.0 Å². The Labute approximate surface area is 86.2 Å². The summed E-state index contributed by atoms with van der Waals surface area (Å²) < 4.78 is 39.9. The summed E-state index contributed by atoms with van der Waals surface area (Å²) in [5, 5.41) is 0. The molecule has 0 unspecified atom stereocenters. The Morgan fingerprint density at radius 3 is 2.53 bits per heavy atom. The van der Waals surface area contributed by atoms with Gasteiger partial charge in [-0.2, -0.15) is 0 Å². The van der Waals surface area contributed by atoms with Crippen LogP contribution in [0.5, 0.6) is 5.75 Å². The number of benzene rings is 1. The van der Waals surface area contributed by atoms with Gasteiger partial charge < -0.3 is 4.74 Å². The molecule has 0 aromatic heterocycles. The number of ether oxygens (including phenoxy) is 1. The van der Waals surface area contributed by atoms with Gasteiger partial charge in [0, 0.05) is 0 Å². The smallest absolute Gasteiger partial charge is 0.406 e. The van der Waals surface area contributed by atoms with Crippen molar-refractivity contribution in [2.75, 3.05) is 0 Å². The maximum absolute atomic E-state index is 12.0. The van der Waals surface area contributed by atoms with E-state index in [0.717, 1.165) is 0 Å². The third kappa shape index (κ3) is 4.06. The number of aryl methyl sites for hydroxylation is 1. The van der Waals surface area contributed by atoms with Crippen molar-refractivity contribution in [3.05, 3.63) is 42.5 Å². The van der Waals surface area contributed by atoms with E-state index in [4.69, 9.17) is 0 Å². The standard InChI is InChI=1S/C11H11F3O/c1-2-3-6-9-7-4-5-8-10(9)15-11(12,13)14/h2,4-5,7-8H,1,3,6H2. The molecule has 0 aliphatic rings. The Morgan fingerprint density at radius 1 is 1.27 bits per heavy atom. The van der Waals surface area contributed by atoms with Gasteiger partial charge in [0.15, 0.2) is 0 Å². The predicted octanol–water partition coefficient (Wildman–Crippen LogP) is 3.70. The minimum Gasteiger partial charge on any atom is -0.406 e. The highest BCUT2D eigenvalue weighted by molar-refractivity contribution is 5.33. The van der Waals surface area contributed by atoms with E-state index < -0.39 is 6.36 Å². The van der Waals surface area contributed by atoms with Gasteiger partial charge in [-0.15, -0.1) is 19.8 Å². The third-order valence-corrected chi connectivity index (χ3v) is 1.82. The Morgan fingerprint density at radius 2 is 1.93 bits per heavy atom. The molecule has 0 atom stereocenters. The van der Waals surface area contributed by atoms with Gasteiger partial charge in [-0.25, -0.2) is 0 Å². The van der Waals surface area contributed by atoms with E-state index in [1.165, 1.54) is 12.1 Å². The van der Waals surface area contributed by atoms with Crippen molar-refractivity contribution >= 4 is 0 Å². The lowest BCUT2D eigenvalue weighted by atomic mass is 10.1. The first kappa shape index (κ1) is 11.6. The average Bonchev–Trinajstić information content (AvgIpc) is 2.14. The molecule has 15 heavy (non-hydrogen) atoms. The quantitative estimate of drug-likeness (QED) is 0.697. The van der Waals surface area contributed by atoms with E-state index >= 15 is 0 Å². The number of rotatable bonds is 4. The highest BCUT2D eigenvalue weighted by Crippen LogP contribution is 2.26. The molecule has 0 aliphatic carbocycles. The maximum Gasteiger partial charge on any atom is 0.573 e. The zero-order valence-corrected chi connectivity index (χ0v) is 8.05. The van der Waals surface area contributed by atoms with Crippen LogP contribution in [0.15, 0.2) is 36.9 Å². The predicted molar refractivity (Wildman–Crippen MR) is 51.6 cm³/mol. The number of halogens is 3. The zero-order valence-electron chi connectivity index (χ0n) is 8.05. The number of alkyl halides is 3. The lowest BCUT2D eigenvalue weighted by molar-refractivity contribution is -0.274. The molecule has 0 N–H and O–H groups in total. The molecule has 1 nitrogen and oxygen atoms in total. The van der Waals surface area contributed by atoms with E-state index in [9.17, 15) is 13.2 Å². The van der Waals surface area contributed by atoms with Crippen LogP contribution in [-0.4, -0.2) is 6.36 Å². The Balaban J connectivity index is 2.81. The summed E-state index contributed by atoms with van der Waals surface area (Å²) in [6.45, 7) is 3.52. The topological polar surface area (TPSA) is 9.23 Å². The number of hydrogen-bond donors (Lipinski definition) is 0. The van der Waals surface area contributed by atoms with Gasteiger partial charge in [0.2, 0.25) is 0 Å². The van der Waals surface area contributed by atoms with Crippen LogP contribution in [-0.2, 0) is 6.42 Å². The second-order valence-electron chi connectivity index (χ2n) is 2.98. The van der Waals surface area contributed by atoms with Crippen molar-refractivity contribution in [2.45, 2.75) is 19.2 Å². The van der Waals surface area contributed by atoms with Crippen LogP contribution < -0.4 is 4.74 Å². The molecule has 1 aromatic carbocycles. The van der Waals surface area contributed by atoms with Crippen LogP contribution in [0.3, 0.4) is 0 Å². The largest absolute Gasteiger partial charge is 0.573 e. The van der Waals surface area contributed by atoms with Crippen molar-refractivity contribution in [1.29, 1.82) is 0 Å². The van der Waals surface area contributed by atoms with Gasteiger partial charge in [0.05, 0.1) is 0 Å². The van der Waals surface area contributed by atoms with Gasteiger partial charge in [-0.3, -0.25) is 0 Å². The lowest BCUT2D eigenvalue weighted by Crippen LogP contribution is -2.18. The van der Waals surface area contributed by atoms with Crippen molar-refractivity contribution in [3.8, 4) is 5.75 Å². The molecule has 0 aliphatic heterocycles. The molecular formula is C11H11F3O. The van der Waals surface area contributed by atoms with Gasteiger partial charge in [0.25, 0.3) is 0 Å². The molecule has 0 saturated carbocycles. The molecule has 0 heterocycles. The van der Waals surface area contributed by atoms with E-state index in [0.29, 0.717) is 18.4 Å². The fourth-order valence-electron chi connectivity index (χ4n) is 1.19. The Hall–Kier alpha value is -1.45. The van der Waals surface area contributed by atoms with E-state index in [-0.39, 0.29) is 5.75 Å². The van der Waals surface area contributed by atoms with Crippen LogP contribution >= 0.6 is 0 Å². The highest BCUT2D eigenvalue weighted by Gasteiger charge is 2.31. The van der Waals surface area contributed by atoms with Crippen molar-refractivity contribution in [3.63, 3.8) is 0 Å². The first-order valence-electron chi connectivity index (χ1n) is 4.47. The molecule has 0 amide bonds. The zero-order chi connectivity index (χ0) is 11.3. The molecule has 1 rings (SSSR count). The first-order chi connectivity index (χ1) is 7.03. The summed E-state index contributed by atoms with van der Waals surface area (Å²) in [7, 11) is 0. The van der Waals surface area contributed by atoms with Crippen LogP contribution in [0.4, 0.5) is 13.2 Å². The minimum absolute atomic E-state index is 0.133. The first-order valence-corrected chi connectivity index (χ1v) is 4.47. The third-order valence-electron chi connectivity index (χ3n) is 1.82. The second kappa shape index (κ2) is 4.87. The molecule has 1 aromatic rings. The van der Waals surface area contributed by atoms with Crippen molar-refractivity contribution in [1.82, 2.24) is 0 Å². The fraction of sp³-hybridized carbons (Fsp3) is 0.273. The molecule has 0 fully saturated rings. The van der Waals surface area contributed by atoms with E-state index in [1.807, 2.05) is 0 Å². The van der Waals surface area contributed by atoms with Crippen LogP contribution in [0.2, 0.25) is 0 Å². The van der Waals surface area contributed by atoms with Gasteiger partial charge in [0.1, 0.15) is 5.75 Å². The van der Waals surface area contributed by atoms with Gasteiger partial charge in [-0.05, 0) is 24.5 Å². The summed E-state index contributed by atoms with van der Waals surface area (Å²) >= 11 is 0. The van der Waals surface area contributed by atoms with E-state index in [2.05, 4.69) is 11.3 Å². The maximum atomic E-state index is 12.0. The summed E-state index contributed by atoms with van der Waals surface area (Å²) in [5.41, 5.74) is 0.537. The summed E-state index contributed by atoms with van der Waals surface area (Å²) in [5.74, 6) is -0.133. The number of para-hydroxylation sites is 1. The fourth-order valence-corrected chi connectivity index (χ4v) is 1.19. The average molecular weight is 216 g/mol. The second-order valence-corrected chi connectivity index (χ2v) is 2.98. The highest BCUT2D eigenvalue weighted by atomic mass is 19.4. The lowest BCUT2D eigenvalue weighted by Gasteiger charge is -2.12. The summed E-state index contributed by atoms with van der Waals surface area (Å²) in [6.07, 6.45) is -1.86. The summed E-state index contributed by atoms with van der Waals surface area (Å²) in [6, 6.07) is 6.12. The van der Waals surface area contributed by atoms with Crippen molar-refractivity contribution < 1.29 is 17.9 Å². The normalized spacial score (nSPS) is 11.1. The molecule has 4 heteroatoms. The number of hydrogen-bond acceptors (Lipinski definition) is 1. The molecule has 82 valence electrons. The van der Waals surface area contributed by atoms with Crippen LogP contribution in [0, 0.1) is 0 Å². The molecule has 0 spiro atoms. The van der Waals surface area contributed by atoms with Crippen molar-refractivity contribution in [2.24, 2.45) is 0 Å². The Bertz CT molecular complexity index is 331. The molecule has 0 saturated heterocycles. The van der Waals surface area contributed by atoms with Gasteiger partial charge >= 0.3 is 6.36 Å². The van der Waals surface area contributed by atoms with Crippen LogP contribution in [0.25, 0.3) is 0 Å². The van der Waals surface area contributed by atoms with Gasteiger partial charge in [-0.1, -0.05) is 24.3 Å². The molecule has 0 radical (unpaired) electrons. The SMILES string of the molecule is C=CCCc1ccccc1OC(F)(F)F. The molecule has 0 bridgehead atoms. The minimum atomic E-state index is -4.63. The molecular weight excluding hydrogens is 205 g/mol. The Kier molecular flexibility index (Phi) is 3.77. The monoisotopic (exact) mass is 216 g/mol. The van der Waals surface area contributed by atoms with E-state index in [1.54, 1.807) is 18.2 Å². The summed E-state index contributed by atoms with van der Waals surface area (Å²) in [4.78, 5) is 0. The number of allylic oxidation sites excluding steroid dienone is 1.